The Labute approximate surface area is 170 Å². The molecule has 2 aromatic heterocycles. The highest BCUT2D eigenvalue weighted by molar-refractivity contribution is 7.21. The van der Waals surface area contributed by atoms with Crippen molar-refractivity contribution in [3.8, 4) is 0 Å². The lowest BCUT2D eigenvalue weighted by atomic mass is 10.0. The molecule has 29 heavy (non-hydrogen) atoms. The first-order valence-electron chi connectivity index (χ1n) is 9.15. The standard InChI is InChI=1S/C20H20FN5O2S/c1-9-5-4-6-13(21)14(9)20(28)26-7-12(8-26)23-18(27)17-16(22)15-10(2)11(3)24-25-19(15)29-17/h4-6,12H,7-8,22H2,1-3H3,(H,23,27). The van der Waals surface area contributed by atoms with E-state index in [2.05, 4.69) is 15.5 Å². The number of likely N-dealkylation sites (tertiary alicyclic amines) is 1. The molecule has 1 aliphatic heterocycles. The average molecular weight is 413 g/mol. The molecule has 7 nitrogen and oxygen atoms in total. The number of hydrogen-bond donors (Lipinski definition) is 2. The monoisotopic (exact) mass is 413 g/mol. The fourth-order valence-corrected chi connectivity index (χ4v) is 4.46. The Hall–Kier alpha value is -3.07. The number of nitrogen functional groups attached to an aromatic ring is 1. The highest BCUT2D eigenvalue weighted by Crippen LogP contribution is 2.35. The number of halogens is 1. The van der Waals surface area contributed by atoms with Crippen molar-refractivity contribution in [1.29, 1.82) is 0 Å². The number of nitrogens with two attached hydrogens (primary N) is 1. The highest BCUT2D eigenvalue weighted by Gasteiger charge is 2.34. The normalized spacial score (nSPS) is 14.1. The number of carbonyl (C=O) groups is 2. The minimum atomic E-state index is -0.535. The van der Waals surface area contributed by atoms with Gasteiger partial charge in [0.05, 0.1) is 23.0 Å². The maximum atomic E-state index is 14.0. The van der Waals surface area contributed by atoms with Crippen LogP contribution in [-0.2, 0) is 0 Å². The number of fused-ring (bicyclic) bond motifs is 1. The molecule has 9 heteroatoms. The van der Waals surface area contributed by atoms with Crippen LogP contribution < -0.4 is 11.1 Å². The van der Waals surface area contributed by atoms with Gasteiger partial charge in [-0.1, -0.05) is 12.1 Å². The number of nitrogens with one attached hydrogen (secondary N) is 1. The van der Waals surface area contributed by atoms with Crippen LogP contribution in [0.4, 0.5) is 10.1 Å². The number of thiophene rings is 1. The summed E-state index contributed by atoms with van der Waals surface area (Å²) in [6, 6.07) is 4.34. The van der Waals surface area contributed by atoms with Crippen molar-refractivity contribution >= 4 is 39.1 Å². The number of carbonyl (C=O) groups excluding carboxylic acids is 2. The molecule has 3 heterocycles. The summed E-state index contributed by atoms with van der Waals surface area (Å²) in [5, 5.41) is 11.9. The van der Waals surface area contributed by atoms with Crippen molar-refractivity contribution in [2.24, 2.45) is 0 Å². The van der Waals surface area contributed by atoms with Crippen LogP contribution >= 0.6 is 11.3 Å². The van der Waals surface area contributed by atoms with Gasteiger partial charge in [-0.05, 0) is 38.0 Å². The number of anilines is 1. The molecule has 0 radical (unpaired) electrons. The van der Waals surface area contributed by atoms with Crippen molar-refractivity contribution in [2.45, 2.75) is 26.8 Å². The van der Waals surface area contributed by atoms with Crippen molar-refractivity contribution < 1.29 is 14.0 Å². The topological polar surface area (TPSA) is 101 Å². The van der Waals surface area contributed by atoms with Crippen molar-refractivity contribution in [3.05, 3.63) is 51.3 Å². The van der Waals surface area contributed by atoms with Crippen LogP contribution in [0.2, 0.25) is 0 Å². The summed E-state index contributed by atoms with van der Waals surface area (Å²) >= 11 is 1.20. The largest absolute Gasteiger partial charge is 0.397 e. The number of aryl methyl sites for hydroxylation is 3. The first-order valence-corrected chi connectivity index (χ1v) is 9.96. The lowest BCUT2D eigenvalue weighted by Gasteiger charge is -2.39. The van der Waals surface area contributed by atoms with Gasteiger partial charge in [0.15, 0.2) is 0 Å². The molecule has 3 N–H and O–H groups in total. The van der Waals surface area contributed by atoms with Gasteiger partial charge < -0.3 is 16.0 Å². The zero-order valence-electron chi connectivity index (χ0n) is 16.2. The summed E-state index contributed by atoms with van der Waals surface area (Å²) in [6.45, 7) is 6.08. The second-order valence-electron chi connectivity index (χ2n) is 7.25. The van der Waals surface area contributed by atoms with E-state index >= 15 is 0 Å². The number of aromatic nitrogens is 2. The summed E-state index contributed by atoms with van der Waals surface area (Å²) < 4.78 is 14.0. The van der Waals surface area contributed by atoms with Crippen molar-refractivity contribution in [1.82, 2.24) is 20.4 Å². The molecule has 150 valence electrons. The first-order chi connectivity index (χ1) is 13.8. The lowest BCUT2D eigenvalue weighted by molar-refractivity contribution is 0.0538. The SMILES string of the molecule is Cc1cccc(F)c1C(=O)N1CC(NC(=O)c2sc3nnc(C)c(C)c3c2N)C1. The molecular formula is C20H20FN5O2S. The Morgan fingerprint density at radius 1 is 1.24 bits per heavy atom. The molecule has 0 unspecified atom stereocenters. The third-order valence-electron chi connectivity index (χ3n) is 5.28. The van der Waals surface area contributed by atoms with Crippen molar-refractivity contribution in [2.75, 3.05) is 18.8 Å². The van der Waals surface area contributed by atoms with Crippen LogP contribution in [0.3, 0.4) is 0 Å². The maximum Gasteiger partial charge on any atom is 0.263 e. The maximum absolute atomic E-state index is 14.0. The second-order valence-corrected chi connectivity index (χ2v) is 8.25. The van der Waals surface area contributed by atoms with Gasteiger partial charge in [-0.25, -0.2) is 4.39 Å². The third kappa shape index (κ3) is 3.21. The minimum absolute atomic E-state index is 0.0791. The van der Waals surface area contributed by atoms with Gasteiger partial charge in [0.25, 0.3) is 11.8 Å². The van der Waals surface area contributed by atoms with Gasteiger partial charge in [-0.2, -0.15) is 5.10 Å². The van der Waals surface area contributed by atoms with Gasteiger partial charge in [0.2, 0.25) is 0 Å². The molecular weight excluding hydrogens is 393 g/mol. The highest BCUT2D eigenvalue weighted by atomic mass is 32.1. The number of hydrogen-bond acceptors (Lipinski definition) is 6. The Morgan fingerprint density at radius 3 is 2.66 bits per heavy atom. The van der Waals surface area contributed by atoms with Gasteiger partial charge in [-0.3, -0.25) is 9.59 Å². The van der Waals surface area contributed by atoms with Crippen LogP contribution in [0.1, 0.15) is 36.9 Å². The number of rotatable bonds is 3. The van der Waals surface area contributed by atoms with E-state index in [1.165, 1.54) is 22.3 Å². The Balaban J connectivity index is 1.45. The molecule has 1 saturated heterocycles. The molecule has 1 aliphatic rings. The van der Waals surface area contributed by atoms with Crippen LogP contribution in [0.25, 0.3) is 10.2 Å². The molecule has 1 aromatic carbocycles. The Kier molecular flexibility index (Phi) is 4.70. The lowest BCUT2D eigenvalue weighted by Crippen LogP contribution is -2.61. The van der Waals surface area contributed by atoms with E-state index in [1.54, 1.807) is 19.1 Å². The predicted octanol–water partition coefficient (Wildman–Crippen LogP) is 2.59. The molecule has 0 atom stereocenters. The molecule has 0 aliphatic carbocycles. The predicted molar refractivity (Wildman–Crippen MR) is 110 cm³/mol. The summed E-state index contributed by atoms with van der Waals surface area (Å²) in [6.07, 6.45) is 0. The molecule has 0 spiro atoms. The van der Waals surface area contributed by atoms with Gasteiger partial charge in [0, 0.05) is 18.5 Å². The molecule has 2 amide bonds. The number of benzene rings is 1. The van der Waals surface area contributed by atoms with E-state index in [9.17, 15) is 14.0 Å². The molecule has 1 fully saturated rings. The fourth-order valence-electron chi connectivity index (χ4n) is 3.46. The Morgan fingerprint density at radius 2 is 1.97 bits per heavy atom. The van der Waals surface area contributed by atoms with E-state index in [1.807, 2.05) is 13.8 Å². The van der Waals surface area contributed by atoms with E-state index in [4.69, 9.17) is 5.73 Å². The Bertz CT molecular complexity index is 1130. The van der Waals surface area contributed by atoms with Crippen LogP contribution in [0.5, 0.6) is 0 Å². The van der Waals surface area contributed by atoms with Gasteiger partial charge >= 0.3 is 0 Å². The summed E-state index contributed by atoms with van der Waals surface area (Å²) in [7, 11) is 0. The first kappa shape index (κ1) is 19.3. The average Bonchev–Trinajstić information content (AvgIpc) is 2.98. The van der Waals surface area contributed by atoms with E-state index in [0.29, 0.717) is 34.0 Å². The summed E-state index contributed by atoms with van der Waals surface area (Å²) in [5.74, 6) is -1.21. The van der Waals surface area contributed by atoms with Gasteiger partial charge in [-0.15, -0.1) is 16.4 Å². The van der Waals surface area contributed by atoms with E-state index in [0.717, 1.165) is 16.6 Å². The van der Waals surface area contributed by atoms with Crippen LogP contribution in [0, 0.1) is 26.6 Å². The zero-order chi connectivity index (χ0) is 20.9. The van der Waals surface area contributed by atoms with E-state index in [-0.39, 0.29) is 23.4 Å². The van der Waals surface area contributed by atoms with Crippen LogP contribution in [-0.4, -0.2) is 46.0 Å². The van der Waals surface area contributed by atoms with Gasteiger partial charge in [0.1, 0.15) is 15.5 Å². The second kappa shape index (κ2) is 7.07. The minimum Gasteiger partial charge on any atom is -0.397 e. The smallest absolute Gasteiger partial charge is 0.263 e. The fraction of sp³-hybridized carbons (Fsp3) is 0.300. The van der Waals surface area contributed by atoms with Crippen LogP contribution in [0.15, 0.2) is 18.2 Å². The van der Waals surface area contributed by atoms with Crippen molar-refractivity contribution in [3.63, 3.8) is 0 Å². The molecule has 0 bridgehead atoms. The molecule has 0 saturated carbocycles. The molecule has 3 aromatic rings. The summed E-state index contributed by atoms with van der Waals surface area (Å²) in [4.78, 5) is 27.8. The summed E-state index contributed by atoms with van der Waals surface area (Å²) in [5.41, 5.74) is 8.95. The quantitative estimate of drug-likeness (QED) is 0.687. The molecule has 4 rings (SSSR count). The van der Waals surface area contributed by atoms with E-state index < -0.39 is 5.82 Å². The zero-order valence-corrected chi connectivity index (χ0v) is 17.1. The number of nitrogens with zero attached hydrogens (tertiary/aromatic N) is 3. The number of amides is 2. The third-order valence-corrected chi connectivity index (χ3v) is 6.37.